The molecule has 4 rings (SSSR count). The molecule has 0 aliphatic rings. The Labute approximate surface area is 230 Å². The van der Waals surface area contributed by atoms with Gasteiger partial charge in [-0.2, -0.15) is 8.78 Å². The second-order valence-electron chi connectivity index (χ2n) is 8.33. The normalized spacial score (nSPS) is 10.6. The molecular formula is C32H17F7O2. The zero-order chi connectivity index (χ0) is 29.6. The Bertz CT molecular complexity index is 1700. The zero-order valence-corrected chi connectivity index (χ0v) is 20.9. The number of hydrogen-bond acceptors (Lipinski definition) is 2. The van der Waals surface area contributed by atoms with Crippen LogP contribution < -0.4 is 9.47 Å². The maximum Gasteiger partial charge on any atom is 0.429 e. The maximum absolute atomic E-state index is 14.8. The highest BCUT2D eigenvalue weighted by molar-refractivity contribution is 5.47. The fourth-order valence-electron chi connectivity index (χ4n) is 3.39. The van der Waals surface area contributed by atoms with Gasteiger partial charge in [-0.1, -0.05) is 36.3 Å². The molecule has 2 nitrogen and oxygen atoms in total. The van der Waals surface area contributed by atoms with Crippen LogP contribution in [0.15, 0.2) is 85.5 Å². The average Bonchev–Trinajstić information content (AvgIpc) is 2.93. The Morgan fingerprint density at radius 1 is 0.634 bits per heavy atom. The second kappa shape index (κ2) is 12.4. The van der Waals surface area contributed by atoms with Crippen LogP contribution in [0.5, 0.6) is 11.5 Å². The van der Waals surface area contributed by atoms with E-state index in [1.807, 2.05) is 0 Å². The van der Waals surface area contributed by atoms with E-state index in [1.165, 1.54) is 6.07 Å². The monoisotopic (exact) mass is 566 g/mol. The van der Waals surface area contributed by atoms with E-state index < -0.39 is 46.5 Å². The summed E-state index contributed by atoms with van der Waals surface area (Å²) >= 11 is 0. The third kappa shape index (κ3) is 7.28. The van der Waals surface area contributed by atoms with Crippen LogP contribution in [0.1, 0.15) is 27.8 Å². The van der Waals surface area contributed by atoms with E-state index in [0.717, 1.165) is 24.3 Å². The van der Waals surface area contributed by atoms with Gasteiger partial charge in [0, 0.05) is 22.8 Å². The lowest BCUT2D eigenvalue weighted by atomic mass is 10.1. The minimum Gasteiger partial charge on any atom is -0.490 e. The van der Waals surface area contributed by atoms with Crippen molar-refractivity contribution < 1.29 is 40.2 Å². The highest BCUT2D eigenvalue weighted by Crippen LogP contribution is 2.34. The number of ether oxygens (including phenoxy) is 2. The molecule has 0 N–H and O–H groups in total. The Morgan fingerprint density at radius 3 is 1.85 bits per heavy atom. The van der Waals surface area contributed by atoms with Crippen LogP contribution in [0, 0.1) is 52.8 Å². The Hall–Kier alpha value is -5.15. The zero-order valence-electron chi connectivity index (χ0n) is 20.9. The number of rotatable bonds is 6. The SMILES string of the molecule is C=CCOc1ccc(C#Cc2ccc(C(F)(F)Oc3ccc(C#Cc4cc(F)c(F)c(F)c4)c(F)c3)c(F)c2)cc1. The van der Waals surface area contributed by atoms with Crippen LogP contribution in [0.25, 0.3) is 0 Å². The number of alkyl halides is 2. The van der Waals surface area contributed by atoms with E-state index in [1.54, 1.807) is 30.3 Å². The van der Waals surface area contributed by atoms with Crippen molar-refractivity contribution in [3.8, 4) is 35.2 Å². The minimum atomic E-state index is -4.18. The Morgan fingerprint density at radius 2 is 1.22 bits per heavy atom. The number of hydrogen-bond donors (Lipinski definition) is 0. The van der Waals surface area contributed by atoms with E-state index in [0.29, 0.717) is 36.1 Å². The third-order valence-electron chi connectivity index (χ3n) is 5.37. The first-order chi connectivity index (χ1) is 19.6. The Kier molecular flexibility index (Phi) is 8.69. The molecule has 0 atom stereocenters. The summed E-state index contributed by atoms with van der Waals surface area (Å²) in [5.41, 5.74) is -0.983. The molecule has 0 spiro atoms. The molecule has 0 aliphatic carbocycles. The molecule has 0 saturated heterocycles. The van der Waals surface area contributed by atoms with Crippen molar-refractivity contribution in [3.63, 3.8) is 0 Å². The fourth-order valence-corrected chi connectivity index (χ4v) is 3.39. The Balaban J connectivity index is 1.47. The molecule has 206 valence electrons. The van der Waals surface area contributed by atoms with Gasteiger partial charge in [-0.3, -0.25) is 0 Å². The summed E-state index contributed by atoms with van der Waals surface area (Å²) in [5, 5.41) is 0. The van der Waals surface area contributed by atoms with Crippen molar-refractivity contribution in [2.75, 3.05) is 6.61 Å². The van der Waals surface area contributed by atoms with E-state index in [-0.39, 0.29) is 16.7 Å². The van der Waals surface area contributed by atoms with Crippen molar-refractivity contribution in [2.45, 2.75) is 6.11 Å². The van der Waals surface area contributed by atoms with E-state index in [4.69, 9.17) is 4.74 Å². The first-order valence-corrected chi connectivity index (χ1v) is 11.7. The number of halogens is 7. The van der Waals surface area contributed by atoms with Crippen molar-refractivity contribution in [1.29, 1.82) is 0 Å². The van der Waals surface area contributed by atoms with Gasteiger partial charge in [0.1, 0.15) is 35.3 Å². The van der Waals surface area contributed by atoms with Gasteiger partial charge in [0.15, 0.2) is 17.5 Å². The van der Waals surface area contributed by atoms with Crippen molar-refractivity contribution in [1.82, 2.24) is 0 Å². The van der Waals surface area contributed by atoms with Crippen LogP contribution >= 0.6 is 0 Å². The van der Waals surface area contributed by atoms with E-state index in [2.05, 4.69) is 35.0 Å². The predicted molar refractivity (Wildman–Crippen MR) is 138 cm³/mol. The molecule has 0 saturated carbocycles. The van der Waals surface area contributed by atoms with Crippen LogP contribution in [0.4, 0.5) is 30.7 Å². The molecule has 0 fully saturated rings. The standard InChI is InChI=1S/C32H17F7O2/c1-2-15-40-24-11-6-20(7-12-24)3-4-21-8-14-26(28(34)16-21)32(38,39)41-25-13-10-23(27(33)19-25)9-5-22-17-29(35)31(37)30(36)18-22/h2,6-8,10-14,16-19H,1,15H2. The van der Waals surface area contributed by atoms with Gasteiger partial charge >= 0.3 is 6.11 Å². The summed E-state index contributed by atoms with van der Waals surface area (Å²) in [6, 6.07) is 13.3. The van der Waals surface area contributed by atoms with Gasteiger partial charge < -0.3 is 9.47 Å². The first kappa shape index (κ1) is 28.8. The molecule has 0 bridgehead atoms. The van der Waals surface area contributed by atoms with Gasteiger partial charge in [-0.15, -0.1) is 0 Å². The quantitative estimate of drug-likeness (QED) is 0.102. The highest BCUT2D eigenvalue weighted by atomic mass is 19.3. The molecule has 0 heterocycles. The average molecular weight is 566 g/mol. The molecule has 4 aromatic rings. The van der Waals surface area contributed by atoms with Gasteiger partial charge in [0.05, 0.1) is 5.56 Å². The van der Waals surface area contributed by atoms with Crippen LogP contribution in [-0.2, 0) is 6.11 Å². The molecule has 0 radical (unpaired) electrons. The fraction of sp³-hybridized carbons (Fsp3) is 0.0625. The molecule has 0 amide bonds. The van der Waals surface area contributed by atoms with Gasteiger partial charge in [-0.05, 0) is 66.7 Å². The molecule has 4 aromatic carbocycles. The molecular weight excluding hydrogens is 549 g/mol. The summed E-state index contributed by atoms with van der Waals surface area (Å²) in [7, 11) is 0. The van der Waals surface area contributed by atoms with Crippen LogP contribution in [0.3, 0.4) is 0 Å². The lowest BCUT2D eigenvalue weighted by Gasteiger charge is -2.19. The predicted octanol–water partition coefficient (Wildman–Crippen LogP) is 7.87. The van der Waals surface area contributed by atoms with Crippen molar-refractivity contribution >= 4 is 0 Å². The summed E-state index contributed by atoms with van der Waals surface area (Å²) in [6.45, 7) is 3.89. The maximum atomic E-state index is 14.8. The third-order valence-corrected chi connectivity index (χ3v) is 5.37. The lowest BCUT2D eigenvalue weighted by Crippen LogP contribution is -2.23. The van der Waals surface area contributed by atoms with E-state index >= 15 is 0 Å². The first-order valence-electron chi connectivity index (χ1n) is 11.7. The van der Waals surface area contributed by atoms with E-state index in [9.17, 15) is 30.7 Å². The summed E-state index contributed by atoms with van der Waals surface area (Å²) in [4.78, 5) is 0. The van der Waals surface area contributed by atoms with Gasteiger partial charge in [0.2, 0.25) is 0 Å². The van der Waals surface area contributed by atoms with Crippen LogP contribution in [0.2, 0.25) is 0 Å². The van der Waals surface area contributed by atoms with Crippen molar-refractivity contribution in [3.05, 3.63) is 142 Å². The second-order valence-corrected chi connectivity index (χ2v) is 8.33. The topological polar surface area (TPSA) is 18.5 Å². The highest BCUT2D eigenvalue weighted by Gasteiger charge is 2.37. The lowest BCUT2D eigenvalue weighted by molar-refractivity contribution is -0.187. The molecule has 0 aromatic heterocycles. The van der Waals surface area contributed by atoms with Crippen molar-refractivity contribution in [2.24, 2.45) is 0 Å². The summed E-state index contributed by atoms with van der Waals surface area (Å²) < 4.78 is 108. The van der Waals surface area contributed by atoms with Gasteiger partial charge in [-0.25, -0.2) is 22.0 Å². The van der Waals surface area contributed by atoms with Crippen LogP contribution in [-0.4, -0.2) is 6.61 Å². The minimum absolute atomic E-state index is 0.129. The summed E-state index contributed by atoms with van der Waals surface area (Å²) in [5.74, 6) is 2.93. The largest absolute Gasteiger partial charge is 0.490 e. The molecule has 9 heteroatoms. The molecule has 41 heavy (non-hydrogen) atoms. The molecule has 0 aliphatic heterocycles. The van der Waals surface area contributed by atoms with Gasteiger partial charge in [0.25, 0.3) is 0 Å². The summed E-state index contributed by atoms with van der Waals surface area (Å²) in [6.07, 6.45) is -2.58. The number of benzene rings is 4. The molecule has 0 unspecified atom stereocenters. The smallest absolute Gasteiger partial charge is 0.429 e.